The van der Waals surface area contributed by atoms with Crippen molar-refractivity contribution in [3.05, 3.63) is 28.3 Å². The van der Waals surface area contributed by atoms with Crippen molar-refractivity contribution in [2.45, 2.75) is 58.4 Å². The molecule has 4 heteroatoms. The highest BCUT2D eigenvalue weighted by Gasteiger charge is 2.37. The topological polar surface area (TPSA) is 37.4 Å². The zero-order chi connectivity index (χ0) is 15.2. The van der Waals surface area contributed by atoms with Gasteiger partial charge in [-0.25, -0.2) is 8.42 Å². The summed E-state index contributed by atoms with van der Waals surface area (Å²) in [7, 11) is -1.70. The fourth-order valence-corrected chi connectivity index (χ4v) is 4.80. The third-order valence-corrected chi connectivity index (χ3v) is 7.03. The van der Waals surface area contributed by atoms with Gasteiger partial charge in [0.2, 0.25) is 10.0 Å². The fraction of sp³-hybridized carbons (Fsp3) is 0.625. The lowest BCUT2D eigenvalue weighted by atomic mass is 10.0. The monoisotopic (exact) mass is 295 g/mol. The molecule has 0 bridgehead atoms. The van der Waals surface area contributed by atoms with Crippen molar-refractivity contribution < 1.29 is 8.42 Å². The van der Waals surface area contributed by atoms with Gasteiger partial charge in [0, 0.05) is 13.1 Å². The van der Waals surface area contributed by atoms with Crippen LogP contribution in [0.2, 0.25) is 0 Å². The van der Waals surface area contributed by atoms with E-state index in [2.05, 4.69) is 6.07 Å². The van der Waals surface area contributed by atoms with Crippen molar-refractivity contribution in [1.82, 2.24) is 4.31 Å². The molecule has 1 aliphatic carbocycles. The van der Waals surface area contributed by atoms with Crippen molar-refractivity contribution in [3.8, 4) is 0 Å². The summed E-state index contributed by atoms with van der Waals surface area (Å²) < 4.78 is 27.5. The van der Waals surface area contributed by atoms with Crippen LogP contribution in [0.3, 0.4) is 0 Å². The molecule has 0 heterocycles. The van der Waals surface area contributed by atoms with E-state index >= 15 is 0 Å². The molecule has 1 aromatic rings. The normalized spacial score (nSPS) is 17.6. The SMILES string of the molecule is Cc1cc(C)c(C)c(S(=O)(=O)N(C)C(C)C2CC2)c1C. The first-order valence-electron chi connectivity index (χ1n) is 7.23. The van der Waals surface area contributed by atoms with Crippen LogP contribution in [0.25, 0.3) is 0 Å². The van der Waals surface area contributed by atoms with Gasteiger partial charge in [0.05, 0.1) is 4.90 Å². The van der Waals surface area contributed by atoms with E-state index in [-0.39, 0.29) is 6.04 Å². The lowest BCUT2D eigenvalue weighted by Crippen LogP contribution is -2.37. The molecule has 0 radical (unpaired) electrons. The minimum absolute atomic E-state index is 0.0830. The molecule has 0 amide bonds. The van der Waals surface area contributed by atoms with E-state index in [0.29, 0.717) is 10.8 Å². The number of hydrogen-bond acceptors (Lipinski definition) is 2. The zero-order valence-electron chi connectivity index (χ0n) is 13.3. The largest absolute Gasteiger partial charge is 0.243 e. The van der Waals surface area contributed by atoms with Crippen molar-refractivity contribution in [1.29, 1.82) is 0 Å². The van der Waals surface area contributed by atoms with Crippen LogP contribution in [0.4, 0.5) is 0 Å². The Morgan fingerprint density at radius 1 is 1.10 bits per heavy atom. The van der Waals surface area contributed by atoms with Crippen molar-refractivity contribution >= 4 is 10.0 Å². The number of nitrogens with zero attached hydrogens (tertiary/aromatic N) is 1. The van der Waals surface area contributed by atoms with E-state index in [0.717, 1.165) is 35.1 Å². The van der Waals surface area contributed by atoms with Crippen LogP contribution in [0.15, 0.2) is 11.0 Å². The van der Waals surface area contributed by atoms with Crippen LogP contribution in [0.1, 0.15) is 42.0 Å². The van der Waals surface area contributed by atoms with E-state index in [9.17, 15) is 8.42 Å². The van der Waals surface area contributed by atoms with E-state index in [1.165, 1.54) is 0 Å². The molecule has 20 heavy (non-hydrogen) atoms. The molecule has 1 atom stereocenters. The van der Waals surface area contributed by atoms with Gasteiger partial charge in [-0.05, 0) is 75.6 Å². The summed E-state index contributed by atoms with van der Waals surface area (Å²) in [5.41, 5.74) is 3.84. The van der Waals surface area contributed by atoms with Crippen LogP contribution < -0.4 is 0 Å². The van der Waals surface area contributed by atoms with Gasteiger partial charge < -0.3 is 0 Å². The zero-order valence-corrected chi connectivity index (χ0v) is 14.1. The van der Waals surface area contributed by atoms with Gasteiger partial charge in [-0.2, -0.15) is 4.31 Å². The Balaban J connectivity index is 2.54. The van der Waals surface area contributed by atoms with Crippen molar-refractivity contribution in [3.63, 3.8) is 0 Å². The van der Waals surface area contributed by atoms with Crippen LogP contribution in [0.5, 0.6) is 0 Å². The highest BCUT2D eigenvalue weighted by Crippen LogP contribution is 2.37. The second-order valence-electron chi connectivity index (χ2n) is 6.19. The number of hydrogen-bond donors (Lipinski definition) is 0. The summed E-state index contributed by atoms with van der Waals surface area (Å²) in [5, 5.41) is 0. The molecule has 0 spiro atoms. The van der Waals surface area contributed by atoms with E-state index in [1.54, 1.807) is 11.4 Å². The predicted molar refractivity (Wildman–Crippen MR) is 82.5 cm³/mol. The first-order chi connectivity index (χ1) is 9.17. The Morgan fingerprint density at radius 2 is 1.55 bits per heavy atom. The Kier molecular flexibility index (Phi) is 4.00. The highest BCUT2D eigenvalue weighted by molar-refractivity contribution is 7.89. The lowest BCUT2D eigenvalue weighted by Gasteiger charge is -2.27. The molecule has 1 fully saturated rings. The standard InChI is InChI=1S/C16H25NO2S/c1-10-9-11(2)13(4)16(12(10)3)20(18,19)17(6)14(5)15-7-8-15/h9,14-15H,7-8H2,1-6H3. The summed E-state index contributed by atoms with van der Waals surface area (Å²) in [6.07, 6.45) is 2.29. The first kappa shape index (κ1) is 15.5. The van der Waals surface area contributed by atoms with Gasteiger partial charge >= 0.3 is 0 Å². The number of sulfonamides is 1. The van der Waals surface area contributed by atoms with Gasteiger partial charge in [0.25, 0.3) is 0 Å². The summed E-state index contributed by atoms with van der Waals surface area (Å²) in [6.45, 7) is 9.79. The number of aryl methyl sites for hydroxylation is 2. The minimum Gasteiger partial charge on any atom is -0.207 e. The number of benzene rings is 1. The van der Waals surface area contributed by atoms with E-state index in [1.807, 2.05) is 34.6 Å². The van der Waals surface area contributed by atoms with Gasteiger partial charge in [-0.3, -0.25) is 0 Å². The van der Waals surface area contributed by atoms with E-state index < -0.39 is 10.0 Å². The summed E-state index contributed by atoms with van der Waals surface area (Å²) >= 11 is 0. The Morgan fingerprint density at radius 3 is 1.95 bits per heavy atom. The van der Waals surface area contributed by atoms with Crippen LogP contribution in [-0.4, -0.2) is 25.8 Å². The average molecular weight is 295 g/mol. The van der Waals surface area contributed by atoms with Gasteiger partial charge in [0.1, 0.15) is 0 Å². The lowest BCUT2D eigenvalue weighted by molar-refractivity contribution is 0.356. The quantitative estimate of drug-likeness (QED) is 0.854. The maximum Gasteiger partial charge on any atom is 0.243 e. The molecule has 0 saturated heterocycles. The highest BCUT2D eigenvalue weighted by atomic mass is 32.2. The van der Waals surface area contributed by atoms with Gasteiger partial charge in [-0.15, -0.1) is 0 Å². The van der Waals surface area contributed by atoms with Crippen LogP contribution in [0, 0.1) is 33.6 Å². The Bertz CT molecular complexity index is 604. The molecule has 1 aliphatic rings. The second kappa shape index (κ2) is 5.15. The molecule has 1 aromatic carbocycles. The smallest absolute Gasteiger partial charge is 0.207 e. The van der Waals surface area contributed by atoms with Crippen molar-refractivity contribution in [2.24, 2.45) is 5.92 Å². The molecule has 3 nitrogen and oxygen atoms in total. The molecule has 0 N–H and O–H groups in total. The average Bonchev–Trinajstić information content (AvgIpc) is 3.19. The molecular weight excluding hydrogens is 270 g/mol. The van der Waals surface area contributed by atoms with Crippen molar-refractivity contribution in [2.75, 3.05) is 7.05 Å². The molecule has 0 aliphatic heterocycles. The molecule has 2 rings (SSSR count). The summed E-state index contributed by atoms with van der Waals surface area (Å²) in [6, 6.07) is 2.15. The molecule has 0 aromatic heterocycles. The van der Waals surface area contributed by atoms with Gasteiger partial charge in [0.15, 0.2) is 0 Å². The fourth-order valence-electron chi connectivity index (χ4n) is 2.81. The minimum atomic E-state index is -3.42. The maximum absolute atomic E-state index is 13.0. The predicted octanol–water partition coefficient (Wildman–Crippen LogP) is 3.34. The van der Waals surface area contributed by atoms with Crippen LogP contribution in [-0.2, 0) is 10.0 Å². The van der Waals surface area contributed by atoms with Gasteiger partial charge in [-0.1, -0.05) is 6.07 Å². The molecular formula is C16H25NO2S. The van der Waals surface area contributed by atoms with Crippen LogP contribution >= 0.6 is 0 Å². The third-order valence-electron chi connectivity index (χ3n) is 4.81. The van der Waals surface area contributed by atoms with E-state index in [4.69, 9.17) is 0 Å². The summed E-state index contributed by atoms with van der Waals surface area (Å²) in [5.74, 6) is 0.529. The first-order valence-corrected chi connectivity index (χ1v) is 8.67. The Labute approximate surface area is 123 Å². The summed E-state index contributed by atoms with van der Waals surface area (Å²) in [4.78, 5) is 0.505. The molecule has 1 unspecified atom stereocenters. The number of rotatable bonds is 4. The molecule has 112 valence electrons. The maximum atomic E-state index is 13.0. The Hall–Kier alpha value is -0.870. The molecule has 1 saturated carbocycles. The third kappa shape index (κ3) is 2.51. The second-order valence-corrected chi connectivity index (χ2v) is 8.12.